The number of hydrogen-bond acceptors (Lipinski definition) is 5. The molecule has 1 atom stereocenters. The number of nitrogens with zero attached hydrogens (tertiary/aromatic N) is 3. The molecule has 6 heteroatoms. The average Bonchev–Trinajstić information content (AvgIpc) is 2.55. The Labute approximate surface area is 145 Å². The van der Waals surface area contributed by atoms with Crippen molar-refractivity contribution >= 4 is 9.84 Å². The van der Waals surface area contributed by atoms with Gasteiger partial charge < -0.3 is 0 Å². The molecule has 134 valence electrons. The monoisotopic (exact) mass is 351 g/mol. The SMILES string of the molecule is CS(=O)(=O)CC1CCCN(Cc2cnc(C3CCCCC3)nc2)C1. The lowest BCUT2D eigenvalue weighted by Crippen LogP contribution is -2.37. The van der Waals surface area contributed by atoms with Crippen molar-refractivity contribution < 1.29 is 8.42 Å². The molecule has 0 spiro atoms. The van der Waals surface area contributed by atoms with E-state index in [4.69, 9.17) is 0 Å². The largest absolute Gasteiger partial charge is 0.299 e. The normalized spacial score (nSPS) is 24.1. The van der Waals surface area contributed by atoms with Crippen molar-refractivity contribution in [2.24, 2.45) is 5.92 Å². The van der Waals surface area contributed by atoms with Crippen LogP contribution in [-0.4, -0.2) is 48.4 Å². The van der Waals surface area contributed by atoms with Crippen molar-refractivity contribution in [1.29, 1.82) is 0 Å². The van der Waals surface area contributed by atoms with Gasteiger partial charge in [-0.05, 0) is 38.1 Å². The Bertz CT molecular complexity index is 624. The lowest BCUT2D eigenvalue weighted by molar-refractivity contribution is 0.177. The van der Waals surface area contributed by atoms with Crippen LogP contribution >= 0.6 is 0 Å². The first kappa shape index (κ1) is 17.8. The third kappa shape index (κ3) is 5.24. The van der Waals surface area contributed by atoms with Gasteiger partial charge in [-0.3, -0.25) is 4.90 Å². The maximum absolute atomic E-state index is 11.5. The molecular weight excluding hydrogens is 322 g/mol. The number of likely N-dealkylation sites (tertiary alicyclic amines) is 1. The number of hydrogen-bond donors (Lipinski definition) is 0. The number of aromatic nitrogens is 2. The van der Waals surface area contributed by atoms with Crippen molar-refractivity contribution in [1.82, 2.24) is 14.9 Å². The highest BCUT2D eigenvalue weighted by atomic mass is 32.2. The zero-order chi connectivity index (χ0) is 17.0. The first-order chi connectivity index (χ1) is 11.5. The highest BCUT2D eigenvalue weighted by molar-refractivity contribution is 7.90. The second-order valence-corrected chi connectivity index (χ2v) is 9.81. The molecule has 24 heavy (non-hydrogen) atoms. The molecule has 0 amide bonds. The third-order valence-corrected chi connectivity index (χ3v) is 6.32. The zero-order valence-corrected chi connectivity index (χ0v) is 15.5. The molecular formula is C18H29N3O2S. The van der Waals surface area contributed by atoms with E-state index in [1.54, 1.807) is 0 Å². The molecule has 0 N–H and O–H groups in total. The second-order valence-electron chi connectivity index (χ2n) is 7.62. The maximum atomic E-state index is 11.5. The lowest BCUT2D eigenvalue weighted by Gasteiger charge is -2.32. The third-order valence-electron chi connectivity index (χ3n) is 5.24. The Kier molecular flexibility index (Phi) is 5.87. The van der Waals surface area contributed by atoms with E-state index in [0.717, 1.165) is 43.9 Å². The van der Waals surface area contributed by atoms with Gasteiger partial charge >= 0.3 is 0 Å². The van der Waals surface area contributed by atoms with Crippen molar-refractivity contribution in [2.75, 3.05) is 25.1 Å². The summed E-state index contributed by atoms with van der Waals surface area (Å²) in [7, 11) is -2.89. The van der Waals surface area contributed by atoms with E-state index >= 15 is 0 Å². The summed E-state index contributed by atoms with van der Waals surface area (Å²) in [6, 6.07) is 0. The summed E-state index contributed by atoms with van der Waals surface area (Å²) in [5.41, 5.74) is 1.13. The van der Waals surface area contributed by atoms with Gasteiger partial charge in [-0.1, -0.05) is 19.3 Å². The minimum atomic E-state index is -2.89. The van der Waals surface area contributed by atoms with E-state index in [2.05, 4.69) is 14.9 Å². The smallest absolute Gasteiger partial charge is 0.147 e. The first-order valence-corrected chi connectivity index (χ1v) is 11.3. The molecule has 1 unspecified atom stereocenters. The number of sulfone groups is 1. The highest BCUT2D eigenvalue weighted by Crippen LogP contribution is 2.30. The summed E-state index contributed by atoms with van der Waals surface area (Å²) < 4.78 is 23.0. The Morgan fingerprint density at radius 1 is 1.08 bits per heavy atom. The molecule has 1 aliphatic heterocycles. The summed E-state index contributed by atoms with van der Waals surface area (Å²) in [4.78, 5) is 11.6. The second kappa shape index (κ2) is 7.91. The Balaban J connectivity index is 1.55. The van der Waals surface area contributed by atoms with Gasteiger partial charge in [0.2, 0.25) is 0 Å². The Morgan fingerprint density at radius 2 is 1.79 bits per heavy atom. The van der Waals surface area contributed by atoms with E-state index < -0.39 is 9.84 Å². The molecule has 5 nitrogen and oxygen atoms in total. The van der Waals surface area contributed by atoms with Crippen LogP contribution in [0.25, 0.3) is 0 Å². The summed E-state index contributed by atoms with van der Waals surface area (Å²) in [5.74, 6) is 2.12. The zero-order valence-electron chi connectivity index (χ0n) is 14.7. The minimum Gasteiger partial charge on any atom is -0.299 e. The fourth-order valence-corrected chi connectivity index (χ4v) is 5.26. The van der Waals surface area contributed by atoms with Crippen LogP contribution in [-0.2, 0) is 16.4 Å². The van der Waals surface area contributed by atoms with E-state index in [-0.39, 0.29) is 5.92 Å². The van der Waals surface area contributed by atoms with Crippen molar-refractivity contribution in [2.45, 2.75) is 57.4 Å². The van der Waals surface area contributed by atoms with Crippen LogP contribution in [0.3, 0.4) is 0 Å². The molecule has 0 aromatic carbocycles. The number of rotatable bonds is 5. The predicted octanol–water partition coefficient (Wildman–Crippen LogP) is 2.78. The summed E-state index contributed by atoms with van der Waals surface area (Å²) >= 11 is 0. The molecule has 2 aliphatic rings. The van der Waals surface area contributed by atoms with Crippen LogP contribution < -0.4 is 0 Å². The van der Waals surface area contributed by atoms with Gasteiger partial charge in [-0.15, -0.1) is 0 Å². The van der Waals surface area contributed by atoms with Crippen LogP contribution in [0.15, 0.2) is 12.4 Å². The van der Waals surface area contributed by atoms with Gasteiger partial charge in [0.25, 0.3) is 0 Å². The minimum absolute atomic E-state index is 0.260. The number of piperidine rings is 1. The average molecular weight is 352 g/mol. The van der Waals surface area contributed by atoms with Crippen molar-refractivity contribution in [3.8, 4) is 0 Å². The van der Waals surface area contributed by atoms with E-state index in [1.807, 2.05) is 12.4 Å². The van der Waals surface area contributed by atoms with Gasteiger partial charge in [0.1, 0.15) is 15.7 Å². The predicted molar refractivity (Wildman–Crippen MR) is 95.6 cm³/mol. The van der Waals surface area contributed by atoms with Crippen LogP contribution in [0, 0.1) is 5.92 Å². The molecule has 1 aromatic heterocycles. The highest BCUT2D eigenvalue weighted by Gasteiger charge is 2.23. The van der Waals surface area contributed by atoms with E-state index in [0.29, 0.717) is 11.7 Å². The van der Waals surface area contributed by atoms with Gasteiger partial charge in [0.05, 0.1) is 5.75 Å². The van der Waals surface area contributed by atoms with Gasteiger partial charge in [0, 0.05) is 43.2 Å². The van der Waals surface area contributed by atoms with E-state index in [9.17, 15) is 8.42 Å². The lowest BCUT2D eigenvalue weighted by atomic mass is 9.89. The molecule has 1 aromatic rings. The van der Waals surface area contributed by atoms with Crippen LogP contribution in [0.1, 0.15) is 62.3 Å². The van der Waals surface area contributed by atoms with Gasteiger partial charge in [0.15, 0.2) is 0 Å². The molecule has 2 heterocycles. The summed E-state index contributed by atoms with van der Waals surface area (Å²) in [6.07, 6.45) is 13.7. The van der Waals surface area contributed by atoms with Crippen molar-refractivity contribution in [3.63, 3.8) is 0 Å². The van der Waals surface area contributed by atoms with Gasteiger partial charge in [-0.25, -0.2) is 18.4 Å². The standard InChI is InChI=1S/C18H29N3O2S/c1-24(22,23)14-15-6-5-9-21(12-15)13-16-10-19-18(20-11-16)17-7-3-2-4-8-17/h10-11,15,17H,2-9,12-14H2,1H3. The van der Waals surface area contributed by atoms with Crippen molar-refractivity contribution in [3.05, 3.63) is 23.8 Å². The topological polar surface area (TPSA) is 63.2 Å². The van der Waals surface area contributed by atoms with Crippen LogP contribution in [0.4, 0.5) is 0 Å². The Hall–Kier alpha value is -1.01. The molecule has 1 aliphatic carbocycles. The van der Waals surface area contributed by atoms with Crippen LogP contribution in [0.2, 0.25) is 0 Å². The quantitative estimate of drug-likeness (QED) is 0.816. The molecule has 1 saturated heterocycles. The fraction of sp³-hybridized carbons (Fsp3) is 0.778. The van der Waals surface area contributed by atoms with Gasteiger partial charge in [-0.2, -0.15) is 0 Å². The molecule has 2 fully saturated rings. The first-order valence-electron chi connectivity index (χ1n) is 9.20. The summed E-state index contributed by atoms with van der Waals surface area (Å²) in [6.45, 7) is 2.72. The maximum Gasteiger partial charge on any atom is 0.147 e. The summed E-state index contributed by atoms with van der Waals surface area (Å²) in [5, 5.41) is 0. The Morgan fingerprint density at radius 3 is 2.46 bits per heavy atom. The van der Waals surface area contributed by atoms with E-state index in [1.165, 1.54) is 38.4 Å². The molecule has 0 bridgehead atoms. The molecule has 0 radical (unpaired) electrons. The molecule has 1 saturated carbocycles. The fourth-order valence-electron chi connectivity index (χ4n) is 4.14. The molecule has 3 rings (SSSR count). The van der Waals surface area contributed by atoms with Crippen LogP contribution in [0.5, 0.6) is 0 Å².